The fraction of sp³-hybridized carbons (Fsp3) is 0.0476. The third kappa shape index (κ3) is 3.42. The summed E-state index contributed by atoms with van der Waals surface area (Å²) in [6.45, 7) is 0.0370. The number of rotatable bonds is 4. The Morgan fingerprint density at radius 2 is 1.74 bits per heavy atom. The maximum absolute atomic E-state index is 13.8. The Morgan fingerprint density at radius 1 is 0.963 bits per heavy atom. The highest BCUT2D eigenvalue weighted by molar-refractivity contribution is 5.79. The third-order valence-corrected chi connectivity index (χ3v) is 4.16. The molecule has 0 saturated heterocycles. The maximum atomic E-state index is 13.8. The van der Waals surface area contributed by atoms with Gasteiger partial charge in [0.1, 0.15) is 18.2 Å². The zero-order chi connectivity index (χ0) is 18.8. The first kappa shape index (κ1) is 16.9. The van der Waals surface area contributed by atoms with Crippen LogP contribution in [0.5, 0.6) is 5.75 Å². The number of benzene rings is 3. The molecule has 4 aromatic rings. The Balaban J connectivity index is 1.70. The molecule has 1 N–H and O–H groups in total. The molecular weight excluding hydrogens is 350 g/mol. The number of hydrogen-bond donors (Lipinski definition) is 1. The van der Waals surface area contributed by atoms with E-state index in [1.807, 2.05) is 18.2 Å². The highest BCUT2D eigenvalue weighted by Gasteiger charge is 2.11. The van der Waals surface area contributed by atoms with E-state index in [1.165, 1.54) is 6.07 Å². The standard InChI is InChI=1S/C21H14F2N2O2/c22-14-9-10-19(17(23)11-14)27-12-13-5-1-2-6-15(13)20-24-18-8-4-3-7-16(18)21(26)25-20/h1-11H,12H2,(H,24,25,26). The fourth-order valence-electron chi connectivity index (χ4n) is 2.84. The Hall–Kier alpha value is -3.54. The van der Waals surface area contributed by atoms with Gasteiger partial charge in [0, 0.05) is 17.2 Å². The number of fused-ring (bicyclic) bond motifs is 1. The summed E-state index contributed by atoms with van der Waals surface area (Å²) >= 11 is 0. The molecule has 0 amide bonds. The summed E-state index contributed by atoms with van der Waals surface area (Å²) in [5.41, 5.74) is 1.72. The lowest BCUT2D eigenvalue weighted by Crippen LogP contribution is -2.10. The van der Waals surface area contributed by atoms with Crippen LogP contribution < -0.4 is 10.3 Å². The van der Waals surface area contributed by atoms with Crippen molar-refractivity contribution in [2.45, 2.75) is 6.61 Å². The second-order valence-corrected chi connectivity index (χ2v) is 5.95. The molecule has 27 heavy (non-hydrogen) atoms. The number of nitrogens with zero attached hydrogens (tertiary/aromatic N) is 1. The van der Waals surface area contributed by atoms with Crippen molar-refractivity contribution in [2.75, 3.05) is 0 Å². The third-order valence-electron chi connectivity index (χ3n) is 4.16. The number of ether oxygens (including phenoxy) is 1. The predicted octanol–water partition coefficient (Wildman–Crippen LogP) is 4.45. The minimum atomic E-state index is -0.773. The molecule has 0 aliphatic heterocycles. The second-order valence-electron chi connectivity index (χ2n) is 5.95. The molecule has 6 heteroatoms. The van der Waals surface area contributed by atoms with Gasteiger partial charge < -0.3 is 9.72 Å². The molecule has 4 nitrogen and oxygen atoms in total. The largest absolute Gasteiger partial charge is 0.486 e. The predicted molar refractivity (Wildman–Crippen MR) is 98.5 cm³/mol. The monoisotopic (exact) mass is 364 g/mol. The van der Waals surface area contributed by atoms with Crippen LogP contribution in [0.1, 0.15) is 5.56 Å². The van der Waals surface area contributed by atoms with Crippen LogP contribution in [0.2, 0.25) is 0 Å². The van der Waals surface area contributed by atoms with Crippen molar-refractivity contribution in [2.24, 2.45) is 0 Å². The highest BCUT2D eigenvalue weighted by atomic mass is 19.1. The average molecular weight is 364 g/mol. The van der Waals surface area contributed by atoms with Gasteiger partial charge in [-0.1, -0.05) is 36.4 Å². The molecule has 0 radical (unpaired) electrons. The molecule has 3 aromatic carbocycles. The summed E-state index contributed by atoms with van der Waals surface area (Å²) < 4.78 is 32.3. The molecule has 0 bridgehead atoms. The first-order valence-corrected chi connectivity index (χ1v) is 8.27. The van der Waals surface area contributed by atoms with Crippen molar-refractivity contribution >= 4 is 10.9 Å². The van der Waals surface area contributed by atoms with Crippen molar-refractivity contribution in [3.63, 3.8) is 0 Å². The van der Waals surface area contributed by atoms with Crippen LogP contribution in [0.4, 0.5) is 8.78 Å². The molecule has 0 aliphatic carbocycles. The number of nitrogens with one attached hydrogen (secondary N) is 1. The zero-order valence-electron chi connectivity index (χ0n) is 14.1. The molecule has 0 fully saturated rings. The van der Waals surface area contributed by atoms with Crippen molar-refractivity contribution in [3.8, 4) is 17.1 Å². The van der Waals surface area contributed by atoms with Gasteiger partial charge in [-0.25, -0.2) is 13.8 Å². The second kappa shape index (κ2) is 6.99. The quantitative estimate of drug-likeness (QED) is 0.582. The molecular formula is C21H14F2N2O2. The first-order valence-electron chi connectivity index (χ1n) is 8.27. The van der Waals surface area contributed by atoms with E-state index in [2.05, 4.69) is 9.97 Å². The molecule has 1 heterocycles. The minimum Gasteiger partial charge on any atom is -0.486 e. The van der Waals surface area contributed by atoms with Gasteiger partial charge in [0.15, 0.2) is 11.6 Å². The Kier molecular flexibility index (Phi) is 4.38. The Labute approximate surface area is 153 Å². The summed E-state index contributed by atoms with van der Waals surface area (Å²) in [5, 5.41) is 0.503. The molecule has 0 aliphatic rings. The average Bonchev–Trinajstić information content (AvgIpc) is 2.67. The van der Waals surface area contributed by atoms with Gasteiger partial charge in [0.25, 0.3) is 5.56 Å². The minimum absolute atomic E-state index is 0.0370. The van der Waals surface area contributed by atoms with E-state index >= 15 is 0 Å². The number of aromatic nitrogens is 2. The molecule has 0 saturated carbocycles. The molecule has 0 unspecified atom stereocenters. The van der Waals surface area contributed by atoms with Crippen LogP contribution in [0.3, 0.4) is 0 Å². The lowest BCUT2D eigenvalue weighted by Gasteiger charge is -2.11. The van der Waals surface area contributed by atoms with E-state index in [-0.39, 0.29) is 17.9 Å². The van der Waals surface area contributed by atoms with E-state index in [9.17, 15) is 13.6 Å². The van der Waals surface area contributed by atoms with Gasteiger partial charge in [-0.2, -0.15) is 0 Å². The first-order chi connectivity index (χ1) is 13.1. The van der Waals surface area contributed by atoms with E-state index in [0.717, 1.165) is 12.1 Å². The number of H-pyrrole nitrogens is 1. The molecule has 134 valence electrons. The number of hydrogen-bond acceptors (Lipinski definition) is 3. The van der Waals surface area contributed by atoms with Crippen molar-refractivity contribution < 1.29 is 13.5 Å². The summed E-state index contributed by atoms with van der Waals surface area (Å²) in [7, 11) is 0. The fourth-order valence-corrected chi connectivity index (χ4v) is 2.84. The van der Waals surface area contributed by atoms with Gasteiger partial charge in [0.05, 0.1) is 10.9 Å². The number of aromatic amines is 1. The van der Waals surface area contributed by atoms with Crippen LogP contribution in [-0.2, 0) is 6.61 Å². The topological polar surface area (TPSA) is 55.0 Å². The zero-order valence-corrected chi connectivity index (χ0v) is 14.1. The normalized spacial score (nSPS) is 10.9. The lowest BCUT2D eigenvalue weighted by molar-refractivity contribution is 0.289. The van der Waals surface area contributed by atoms with Gasteiger partial charge in [-0.3, -0.25) is 4.79 Å². The van der Waals surface area contributed by atoms with Gasteiger partial charge in [0.2, 0.25) is 0 Å². The maximum Gasteiger partial charge on any atom is 0.259 e. The van der Waals surface area contributed by atoms with Crippen molar-refractivity contribution in [1.82, 2.24) is 9.97 Å². The van der Waals surface area contributed by atoms with Crippen molar-refractivity contribution in [1.29, 1.82) is 0 Å². The van der Waals surface area contributed by atoms with E-state index < -0.39 is 11.6 Å². The lowest BCUT2D eigenvalue weighted by atomic mass is 10.1. The molecule has 1 aromatic heterocycles. The van der Waals surface area contributed by atoms with Crippen LogP contribution in [0, 0.1) is 11.6 Å². The van der Waals surface area contributed by atoms with Crippen molar-refractivity contribution in [3.05, 3.63) is 94.3 Å². The number of halogens is 2. The van der Waals surface area contributed by atoms with Gasteiger partial charge in [-0.05, 0) is 24.3 Å². The highest BCUT2D eigenvalue weighted by Crippen LogP contribution is 2.24. The number of para-hydroxylation sites is 1. The summed E-state index contributed by atoms with van der Waals surface area (Å²) in [6, 6.07) is 17.4. The van der Waals surface area contributed by atoms with Crippen LogP contribution in [0.25, 0.3) is 22.3 Å². The van der Waals surface area contributed by atoms with E-state index in [4.69, 9.17) is 4.74 Å². The van der Waals surface area contributed by atoms with Gasteiger partial charge in [-0.15, -0.1) is 0 Å². The van der Waals surface area contributed by atoms with Gasteiger partial charge >= 0.3 is 0 Å². The Morgan fingerprint density at radius 3 is 2.59 bits per heavy atom. The summed E-state index contributed by atoms with van der Waals surface area (Å²) in [5.74, 6) is -1.09. The van der Waals surface area contributed by atoms with Crippen LogP contribution >= 0.6 is 0 Å². The van der Waals surface area contributed by atoms with Crippen LogP contribution in [0.15, 0.2) is 71.5 Å². The van der Waals surface area contributed by atoms with E-state index in [0.29, 0.717) is 27.9 Å². The molecule has 0 spiro atoms. The Bertz CT molecular complexity index is 1190. The smallest absolute Gasteiger partial charge is 0.259 e. The summed E-state index contributed by atoms with van der Waals surface area (Å²) in [4.78, 5) is 19.6. The molecule has 4 rings (SSSR count). The molecule has 0 atom stereocenters. The summed E-state index contributed by atoms with van der Waals surface area (Å²) in [6.07, 6.45) is 0. The van der Waals surface area contributed by atoms with E-state index in [1.54, 1.807) is 30.3 Å². The SMILES string of the molecule is O=c1[nH]c(-c2ccccc2COc2ccc(F)cc2F)nc2ccccc12. The van der Waals surface area contributed by atoms with Crippen LogP contribution in [-0.4, -0.2) is 9.97 Å².